The third kappa shape index (κ3) is 4.89. The van der Waals surface area contributed by atoms with Crippen LogP contribution in [0.25, 0.3) is 10.8 Å². The van der Waals surface area contributed by atoms with Crippen LogP contribution in [-0.4, -0.2) is 31.0 Å². The summed E-state index contributed by atoms with van der Waals surface area (Å²) in [6.45, 7) is 0. The van der Waals surface area contributed by atoms with Crippen molar-refractivity contribution in [2.75, 3.05) is 11.5 Å². The third-order valence-electron chi connectivity index (χ3n) is 3.89. The number of benzene rings is 3. The largest absolute Gasteiger partial charge is 1.00 e. The van der Waals surface area contributed by atoms with Crippen molar-refractivity contribution in [2.24, 2.45) is 10.2 Å². The molecule has 0 unspecified atom stereocenters. The van der Waals surface area contributed by atoms with Crippen LogP contribution in [0.15, 0.2) is 62.5 Å². The van der Waals surface area contributed by atoms with Gasteiger partial charge in [-0.25, -0.2) is 0 Å². The summed E-state index contributed by atoms with van der Waals surface area (Å²) in [4.78, 5) is -1.12. The van der Waals surface area contributed by atoms with E-state index in [-0.39, 0.29) is 63.1 Å². The fraction of sp³-hybridized carbons (Fsp3) is 0. The number of anilines is 2. The number of hydrogen-bond acceptors (Lipinski definition) is 9. The fourth-order valence-corrected chi connectivity index (χ4v) is 3.79. The van der Waals surface area contributed by atoms with E-state index in [1.54, 1.807) is 0 Å². The van der Waals surface area contributed by atoms with Crippen LogP contribution in [0.5, 0.6) is 5.75 Å². The standard InChI is InChI=1S/C16H14N4O7S2.Na/c17-9-2-4-12(14(6-9)29(25,26)27)19-20-16-11(18)3-1-8-5-10(28(22,23)24)7-13(21)15(8)16;/h1-7,21H,17-18H2,(H,22,23,24)(H,25,26,27);/q;+1. The Hall–Kier alpha value is -2.26. The molecule has 7 N–H and O–H groups in total. The zero-order valence-electron chi connectivity index (χ0n) is 15.4. The number of nitrogen functional groups attached to an aromatic ring is 2. The molecular formula is C16H14N4NaO7S2+. The van der Waals surface area contributed by atoms with Crippen LogP contribution in [0.3, 0.4) is 0 Å². The number of hydrogen-bond donors (Lipinski definition) is 5. The Bertz CT molecular complexity index is 1390. The summed E-state index contributed by atoms with van der Waals surface area (Å²) in [5, 5.41) is 18.1. The molecule has 0 heterocycles. The van der Waals surface area contributed by atoms with Crippen LogP contribution in [0, 0.1) is 0 Å². The molecule has 0 saturated carbocycles. The molecule has 0 spiro atoms. The topological polar surface area (TPSA) is 206 Å². The van der Waals surface area contributed by atoms with Gasteiger partial charge in [-0.05, 0) is 35.7 Å². The van der Waals surface area contributed by atoms with Crippen molar-refractivity contribution in [2.45, 2.75) is 9.79 Å². The summed E-state index contributed by atoms with van der Waals surface area (Å²) in [7, 11) is -9.22. The normalized spacial score (nSPS) is 12.2. The predicted octanol–water partition coefficient (Wildman–Crippen LogP) is -0.377. The Kier molecular flexibility index (Phi) is 6.78. The first-order valence-corrected chi connectivity index (χ1v) is 10.6. The molecule has 0 saturated heterocycles. The van der Waals surface area contributed by atoms with Crippen LogP contribution < -0.4 is 41.0 Å². The molecule has 11 nitrogen and oxygen atoms in total. The van der Waals surface area contributed by atoms with Gasteiger partial charge in [0.25, 0.3) is 20.2 Å². The Morgan fingerprint density at radius 1 is 0.833 bits per heavy atom. The van der Waals surface area contributed by atoms with E-state index in [0.717, 1.165) is 18.2 Å². The second-order valence-electron chi connectivity index (χ2n) is 5.92. The number of fused-ring (bicyclic) bond motifs is 1. The number of aromatic hydroxyl groups is 1. The average molecular weight is 461 g/mol. The average Bonchev–Trinajstić information content (AvgIpc) is 2.60. The minimum atomic E-state index is -4.65. The smallest absolute Gasteiger partial charge is 0.507 e. The zero-order chi connectivity index (χ0) is 21.6. The van der Waals surface area contributed by atoms with E-state index in [4.69, 9.17) is 11.5 Å². The summed E-state index contributed by atoms with van der Waals surface area (Å²) in [6.07, 6.45) is 0. The summed E-state index contributed by atoms with van der Waals surface area (Å²) in [6, 6.07) is 8.19. The Labute approximate surface area is 193 Å². The quantitative estimate of drug-likeness (QED) is 0.148. The molecule has 152 valence electrons. The summed E-state index contributed by atoms with van der Waals surface area (Å²) < 4.78 is 64.3. The first-order chi connectivity index (χ1) is 13.4. The number of rotatable bonds is 4. The van der Waals surface area contributed by atoms with Gasteiger partial charge in [-0.15, -0.1) is 10.2 Å². The Balaban J connectivity index is 0.00000320. The Morgan fingerprint density at radius 3 is 2.10 bits per heavy atom. The summed E-state index contributed by atoms with van der Waals surface area (Å²) in [5.74, 6) is -0.552. The second kappa shape index (κ2) is 8.47. The molecular weight excluding hydrogens is 447 g/mol. The van der Waals surface area contributed by atoms with Crippen LogP contribution in [-0.2, 0) is 20.2 Å². The predicted molar refractivity (Wildman–Crippen MR) is 105 cm³/mol. The van der Waals surface area contributed by atoms with Gasteiger partial charge in [-0.3, -0.25) is 9.11 Å². The number of phenolic OH excluding ortho intramolecular Hbond substituents is 1. The molecule has 0 radical (unpaired) electrons. The molecule has 0 aliphatic heterocycles. The van der Waals surface area contributed by atoms with Gasteiger partial charge in [-0.1, -0.05) is 6.07 Å². The molecule has 0 bridgehead atoms. The van der Waals surface area contributed by atoms with E-state index in [2.05, 4.69) is 10.2 Å². The molecule has 3 rings (SSSR count). The molecule has 3 aromatic rings. The van der Waals surface area contributed by atoms with Crippen LogP contribution in [0.2, 0.25) is 0 Å². The monoisotopic (exact) mass is 461 g/mol. The van der Waals surface area contributed by atoms with E-state index in [1.165, 1.54) is 24.3 Å². The summed E-state index contributed by atoms with van der Waals surface area (Å²) >= 11 is 0. The van der Waals surface area contributed by atoms with E-state index in [1.807, 2.05) is 0 Å². The summed E-state index contributed by atoms with van der Waals surface area (Å²) in [5.41, 5.74) is 11.2. The molecule has 14 heteroatoms. The molecule has 0 aliphatic rings. The van der Waals surface area contributed by atoms with E-state index < -0.39 is 35.8 Å². The molecule has 30 heavy (non-hydrogen) atoms. The molecule has 0 amide bonds. The van der Waals surface area contributed by atoms with Crippen molar-refractivity contribution in [3.05, 3.63) is 42.5 Å². The fourth-order valence-electron chi connectivity index (χ4n) is 2.59. The maximum absolute atomic E-state index is 11.5. The number of nitrogens with two attached hydrogens (primary N) is 2. The number of nitrogens with zero attached hydrogens (tertiary/aromatic N) is 2. The van der Waals surface area contributed by atoms with Crippen LogP contribution in [0.1, 0.15) is 0 Å². The van der Waals surface area contributed by atoms with Crippen LogP contribution in [0.4, 0.5) is 22.7 Å². The van der Waals surface area contributed by atoms with Gasteiger partial charge in [-0.2, -0.15) is 16.8 Å². The van der Waals surface area contributed by atoms with Crippen molar-refractivity contribution < 1.29 is 60.6 Å². The minimum Gasteiger partial charge on any atom is -0.507 e. The molecule has 0 aromatic heterocycles. The number of phenols is 1. The zero-order valence-corrected chi connectivity index (χ0v) is 19.0. The van der Waals surface area contributed by atoms with Gasteiger partial charge in [0, 0.05) is 11.8 Å². The van der Waals surface area contributed by atoms with Crippen molar-refractivity contribution in [3.8, 4) is 5.75 Å². The molecule has 3 aromatic carbocycles. The molecule has 0 aliphatic carbocycles. The molecule has 0 fully saturated rings. The van der Waals surface area contributed by atoms with E-state index in [0.29, 0.717) is 0 Å². The second-order valence-corrected chi connectivity index (χ2v) is 8.73. The Morgan fingerprint density at radius 2 is 1.50 bits per heavy atom. The maximum Gasteiger partial charge on any atom is 1.00 e. The van der Waals surface area contributed by atoms with Crippen molar-refractivity contribution in [3.63, 3.8) is 0 Å². The van der Waals surface area contributed by atoms with Gasteiger partial charge in [0.05, 0.1) is 16.0 Å². The first kappa shape index (κ1) is 24.0. The number of azo groups is 1. The SMILES string of the molecule is Nc1ccc(N=Nc2c(N)ccc3cc(S(=O)(=O)O)cc(O)c23)c(S(=O)(=O)O)c1.[Na+]. The van der Waals surface area contributed by atoms with Crippen LogP contribution >= 0.6 is 0 Å². The molecule has 0 atom stereocenters. The van der Waals surface area contributed by atoms with E-state index >= 15 is 0 Å². The minimum absolute atomic E-state index is 0. The van der Waals surface area contributed by atoms with Crippen molar-refractivity contribution in [1.29, 1.82) is 0 Å². The maximum atomic E-state index is 11.5. The van der Waals surface area contributed by atoms with Crippen molar-refractivity contribution >= 4 is 53.8 Å². The van der Waals surface area contributed by atoms with Crippen molar-refractivity contribution in [1.82, 2.24) is 0 Å². The van der Waals surface area contributed by atoms with Gasteiger partial charge in [0.1, 0.15) is 22.0 Å². The van der Waals surface area contributed by atoms with Gasteiger partial charge >= 0.3 is 29.6 Å². The van der Waals surface area contributed by atoms with Gasteiger partial charge in [0.2, 0.25) is 0 Å². The van der Waals surface area contributed by atoms with Gasteiger partial charge < -0.3 is 16.6 Å². The van der Waals surface area contributed by atoms with Gasteiger partial charge in [0.15, 0.2) is 0 Å². The van der Waals surface area contributed by atoms with E-state index in [9.17, 15) is 31.0 Å². The third-order valence-corrected chi connectivity index (χ3v) is 5.61. The first-order valence-electron chi connectivity index (χ1n) is 7.69.